The maximum Gasteiger partial charge on any atom is 0.0363 e. The Balaban J connectivity index is 2.07. The summed E-state index contributed by atoms with van der Waals surface area (Å²) < 4.78 is 0. The van der Waals surface area contributed by atoms with Crippen LogP contribution < -0.4 is 5.73 Å². The predicted octanol–water partition coefficient (Wildman–Crippen LogP) is 1.96. The highest BCUT2D eigenvalue weighted by molar-refractivity contribution is 5.14. The number of aromatic nitrogens is 1. The van der Waals surface area contributed by atoms with E-state index in [0.717, 1.165) is 19.4 Å². The summed E-state index contributed by atoms with van der Waals surface area (Å²) in [5.74, 6) is 0. The predicted molar refractivity (Wildman–Crippen MR) is 66.1 cm³/mol. The SMILES string of the molecule is NCCCC(c1cccnc1)N1CCCC1. The zero-order valence-corrected chi connectivity index (χ0v) is 9.81. The van der Waals surface area contributed by atoms with E-state index in [1.54, 1.807) is 0 Å². The van der Waals surface area contributed by atoms with Gasteiger partial charge in [0.05, 0.1) is 0 Å². The summed E-state index contributed by atoms with van der Waals surface area (Å²) >= 11 is 0. The van der Waals surface area contributed by atoms with E-state index in [0.29, 0.717) is 6.04 Å². The lowest BCUT2D eigenvalue weighted by molar-refractivity contribution is 0.230. The monoisotopic (exact) mass is 219 g/mol. The maximum atomic E-state index is 5.62. The lowest BCUT2D eigenvalue weighted by atomic mass is 10.0. The van der Waals surface area contributed by atoms with Crippen LogP contribution in [-0.2, 0) is 0 Å². The molecule has 0 amide bonds. The third-order valence-corrected chi connectivity index (χ3v) is 3.33. The van der Waals surface area contributed by atoms with Gasteiger partial charge in [0, 0.05) is 18.4 Å². The second-order valence-corrected chi connectivity index (χ2v) is 4.48. The van der Waals surface area contributed by atoms with Gasteiger partial charge in [-0.05, 0) is 56.9 Å². The van der Waals surface area contributed by atoms with E-state index < -0.39 is 0 Å². The second kappa shape index (κ2) is 5.97. The van der Waals surface area contributed by atoms with Gasteiger partial charge in [-0.15, -0.1) is 0 Å². The van der Waals surface area contributed by atoms with Crippen molar-refractivity contribution < 1.29 is 0 Å². The summed E-state index contributed by atoms with van der Waals surface area (Å²) in [5, 5.41) is 0. The quantitative estimate of drug-likeness (QED) is 0.823. The van der Waals surface area contributed by atoms with E-state index in [-0.39, 0.29) is 0 Å². The number of pyridine rings is 1. The molecule has 2 rings (SSSR count). The number of nitrogens with two attached hydrogens (primary N) is 1. The third-order valence-electron chi connectivity index (χ3n) is 3.33. The van der Waals surface area contributed by atoms with Gasteiger partial charge in [0.1, 0.15) is 0 Å². The van der Waals surface area contributed by atoms with Crippen molar-refractivity contribution >= 4 is 0 Å². The van der Waals surface area contributed by atoms with Crippen molar-refractivity contribution in [3.05, 3.63) is 30.1 Å². The fourth-order valence-corrected chi connectivity index (χ4v) is 2.50. The normalized spacial score (nSPS) is 18.8. The molecule has 0 radical (unpaired) electrons. The van der Waals surface area contributed by atoms with Crippen molar-refractivity contribution in [1.29, 1.82) is 0 Å². The highest BCUT2D eigenvalue weighted by atomic mass is 15.2. The molecule has 0 bridgehead atoms. The highest BCUT2D eigenvalue weighted by Gasteiger charge is 2.22. The van der Waals surface area contributed by atoms with Crippen molar-refractivity contribution in [3.63, 3.8) is 0 Å². The van der Waals surface area contributed by atoms with Crippen molar-refractivity contribution in [2.75, 3.05) is 19.6 Å². The molecule has 1 aliphatic rings. The summed E-state index contributed by atoms with van der Waals surface area (Å²) in [5.41, 5.74) is 6.96. The van der Waals surface area contributed by atoms with Gasteiger partial charge in [-0.25, -0.2) is 0 Å². The molecule has 1 atom stereocenters. The van der Waals surface area contributed by atoms with Crippen LogP contribution in [0.3, 0.4) is 0 Å². The molecule has 1 aliphatic heterocycles. The molecular formula is C13H21N3. The van der Waals surface area contributed by atoms with Gasteiger partial charge in [0.2, 0.25) is 0 Å². The number of hydrogen-bond donors (Lipinski definition) is 1. The van der Waals surface area contributed by atoms with Crippen molar-refractivity contribution in [2.24, 2.45) is 5.73 Å². The lowest BCUT2D eigenvalue weighted by Crippen LogP contribution is -2.26. The van der Waals surface area contributed by atoms with Crippen LogP contribution in [0.4, 0.5) is 0 Å². The van der Waals surface area contributed by atoms with Crippen molar-refractivity contribution in [3.8, 4) is 0 Å². The zero-order valence-electron chi connectivity index (χ0n) is 9.81. The molecule has 0 spiro atoms. The Bertz CT molecular complexity index is 293. The van der Waals surface area contributed by atoms with Crippen molar-refractivity contribution in [1.82, 2.24) is 9.88 Å². The second-order valence-electron chi connectivity index (χ2n) is 4.48. The molecular weight excluding hydrogens is 198 g/mol. The first kappa shape index (κ1) is 11.6. The maximum absolute atomic E-state index is 5.62. The van der Waals surface area contributed by atoms with Crippen LogP contribution in [0.15, 0.2) is 24.5 Å². The summed E-state index contributed by atoms with van der Waals surface area (Å²) in [7, 11) is 0. The van der Waals surface area contributed by atoms with Crippen LogP contribution in [-0.4, -0.2) is 29.5 Å². The topological polar surface area (TPSA) is 42.1 Å². The molecule has 1 aromatic rings. The first-order valence-electron chi connectivity index (χ1n) is 6.26. The van der Waals surface area contributed by atoms with Crippen LogP contribution in [0.1, 0.15) is 37.3 Å². The van der Waals surface area contributed by atoms with Crippen LogP contribution in [0, 0.1) is 0 Å². The average molecular weight is 219 g/mol. The fourth-order valence-electron chi connectivity index (χ4n) is 2.50. The lowest BCUT2D eigenvalue weighted by Gasteiger charge is -2.27. The number of nitrogens with zero attached hydrogens (tertiary/aromatic N) is 2. The minimum absolute atomic E-state index is 0.528. The Labute approximate surface area is 97.7 Å². The van der Waals surface area contributed by atoms with Crippen molar-refractivity contribution in [2.45, 2.75) is 31.7 Å². The molecule has 0 aromatic carbocycles. The van der Waals surface area contributed by atoms with Gasteiger partial charge in [-0.3, -0.25) is 9.88 Å². The number of hydrogen-bond acceptors (Lipinski definition) is 3. The summed E-state index contributed by atoms with van der Waals surface area (Å²) in [6.07, 6.45) is 8.75. The average Bonchev–Trinajstić information content (AvgIpc) is 2.85. The van der Waals surface area contributed by atoms with Gasteiger partial charge in [0.15, 0.2) is 0 Å². The minimum atomic E-state index is 0.528. The summed E-state index contributed by atoms with van der Waals surface area (Å²) in [6, 6.07) is 4.74. The molecule has 3 heteroatoms. The molecule has 1 aromatic heterocycles. The van der Waals surface area contributed by atoms with E-state index in [1.165, 1.54) is 31.5 Å². The largest absolute Gasteiger partial charge is 0.330 e. The fraction of sp³-hybridized carbons (Fsp3) is 0.615. The molecule has 0 saturated carbocycles. The molecule has 3 nitrogen and oxygen atoms in total. The molecule has 1 fully saturated rings. The first-order valence-corrected chi connectivity index (χ1v) is 6.26. The van der Waals surface area contributed by atoms with Crippen LogP contribution in [0.25, 0.3) is 0 Å². The van der Waals surface area contributed by atoms with Crippen LogP contribution in [0.5, 0.6) is 0 Å². The Hall–Kier alpha value is -0.930. The van der Waals surface area contributed by atoms with Gasteiger partial charge in [0.25, 0.3) is 0 Å². The molecule has 1 unspecified atom stereocenters. The number of likely N-dealkylation sites (tertiary alicyclic amines) is 1. The van der Waals surface area contributed by atoms with E-state index in [2.05, 4.69) is 16.0 Å². The smallest absolute Gasteiger partial charge is 0.0363 e. The number of rotatable bonds is 5. The summed E-state index contributed by atoms with van der Waals surface area (Å²) in [4.78, 5) is 6.80. The van der Waals surface area contributed by atoms with E-state index in [1.807, 2.05) is 18.5 Å². The Morgan fingerprint density at radius 1 is 1.38 bits per heavy atom. The van der Waals surface area contributed by atoms with Crippen LogP contribution >= 0.6 is 0 Å². The Morgan fingerprint density at radius 3 is 2.81 bits per heavy atom. The van der Waals surface area contributed by atoms with Gasteiger partial charge in [-0.1, -0.05) is 6.07 Å². The standard InChI is InChI=1S/C13H21N3/c14-7-3-6-13(16-9-1-2-10-16)12-5-4-8-15-11-12/h4-5,8,11,13H,1-3,6-7,9-10,14H2. The van der Waals surface area contributed by atoms with Gasteiger partial charge < -0.3 is 5.73 Å². The molecule has 16 heavy (non-hydrogen) atoms. The van der Waals surface area contributed by atoms with Gasteiger partial charge >= 0.3 is 0 Å². The van der Waals surface area contributed by atoms with E-state index in [4.69, 9.17) is 5.73 Å². The molecule has 2 N–H and O–H groups in total. The minimum Gasteiger partial charge on any atom is -0.330 e. The first-order chi connectivity index (χ1) is 7.92. The molecule has 1 saturated heterocycles. The Kier molecular flexibility index (Phi) is 4.31. The summed E-state index contributed by atoms with van der Waals surface area (Å²) in [6.45, 7) is 3.23. The third kappa shape index (κ3) is 2.80. The highest BCUT2D eigenvalue weighted by Crippen LogP contribution is 2.28. The Morgan fingerprint density at radius 2 is 2.19 bits per heavy atom. The zero-order chi connectivity index (χ0) is 11.2. The molecule has 88 valence electrons. The van der Waals surface area contributed by atoms with E-state index >= 15 is 0 Å². The molecule has 0 aliphatic carbocycles. The van der Waals surface area contributed by atoms with Crippen LogP contribution in [0.2, 0.25) is 0 Å². The van der Waals surface area contributed by atoms with Gasteiger partial charge in [-0.2, -0.15) is 0 Å². The molecule has 2 heterocycles. The van der Waals surface area contributed by atoms with E-state index in [9.17, 15) is 0 Å².